The van der Waals surface area contributed by atoms with Crippen molar-refractivity contribution >= 4 is 35.0 Å². The minimum Gasteiger partial charge on any atom is -0.370 e. The smallest absolute Gasteiger partial charge is 0.237 e. The molecule has 0 atom stereocenters. The lowest BCUT2D eigenvalue weighted by Gasteiger charge is -2.29. The van der Waals surface area contributed by atoms with Gasteiger partial charge in [-0.15, -0.1) is 11.8 Å². The molecular weight excluding hydrogens is 264 g/mol. The van der Waals surface area contributed by atoms with Gasteiger partial charge in [0.25, 0.3) is 0 Å². The predicted molar refractivity (Wildman–Crippen MR) is 73.3 cm³/mol. The minimum absolute atomic E-state index is 0.0549. The largest absolute Gasteiger partial charge is 0.370 e. The maximum atomic E-state index is 11.9. The zero-order valence-electron chi connectivity index (χ0n) is 10.5. The van der Waals surface area contributed by atoms with Gasteiger partial charge in [-0.2, -0.15) is 0 Å². The molecular formula is C13H14N2O3S. The van der Waals surface area contributed by atoms with E-state index in [1.807, 2.05) is 6.07 Å². The third-order valence-electron chi connectivity index (χ3n) is 2.89. The van der Waals surface area contributed by atoms with Crippen LogP contribution in [0.1, 0.15) is 23.7 Å². The van der Waals surface area contributed by atoms with Crippen molar-refractivity contribution in [3.8, 4) is 0 Å². The fourth-order valence-corrected chi connectivity index (χ4v) is 2.80. The summed E-state index contributed by atoms with van der Waals surface area (Å²) < 4.78 is 0. The number of fused-ring (bicyclic) bond motifs is 1. The van der Waals surface area contributed by atoms with Crippen LogP contribution in [0.2, 0.25) is 0 Å². The standard InChI is InChI=1S/C13H14N2O3S/c1-8(16)9-2-3-11-10(6-9)15(5-4-12(14)17)13(18)7-19-11/h2-3,6H,4-5,7H2,1H3,(H2,14,17). The van der Waals surface area contributed by atoms with Crippen LogP contribution in [0, 0.1) is 0 Å². The second kappa shape index (κ2) is 5.44. The molecule has 0 saturated carbocycles. The van der Waals surface area contributed by atoms with Gasteiger partial charge in [0.15, 0.2) is 5.78 Å². The summed E-state index contributed by atoms with van der Waals surface area (Å²) in [5.41, 5.74) is 6.36. The Bertz CT molecular complexity index is 557. The lowest BCUT2D eigenvalue weighted by Crippen LogP contribution is -2.37. The van der Waals surface area contributed by atoms with Crippen molar-refractivity contribution < 1.29 is 14.4 Å². The number of amides is 2. The van der Waals surface area contributed by atoms with Crippen molar-refractivity contribution in [2.24, 2.45) is 5.73 Å². The number of benzene rings is 1. The first-order valence-electron chi connectivity index (χ1n) is 5.85. The van der Waals surface area contributed by atoms with Crippen molar-refractivity contribution in [1.29, 1.82) is 0 Å². The first kappa shape index (κ1) is 13.6. The molecule has 0 fully saturated rings. The van der Waals surface area contributed by atoms with Crippen LogP contribution in [-0.2, 0) is 9.59 Å². The van der Waals surface area contributed by atoms with Crippen LogP contribution in [-0.4, -0.2) is 29.9 Å². The topological polar surface area (TPSA) is 80.5 Å². The summed E-state index contributed by atoms with van der Waals surface area (Å²) in [4.78, 5) is 36.7. The lowest BCUT2D eigenvalue weighted by atomic mass is 10.1. The van der Waals surface area contributed by atoms with E-state index in [1.165, 1.54) is 23.6 Å². The zero-order chi connectivity index (χ0) is 14.0. The lowest BCUT2D eigenvalue weighted by molar-refractivity contribution is -0.118. The van der Waals surface area contributed by atoms with Crippen molar-refractivity contribution in [3.63, 3.8) is 0 Å². The highest BCUT2D eigenvalue weighted by atomic mass is 32.2. The van der Waals surface area contributed by atoms with E-state index in [1.54, 1.807) is 12.1 Å². The highest BCUT2D eigenvalue weighted by Gasteiger charge is 2.25. The molecule has 0 aliphatic carbocycles. The molecule has 100 valence electrons. The van der Waals surface area contributed by atoms with E-state index in [2.05, 4.69) is 0 Å². The van der Waals surface area contributed by atoms with E-state index in [9.17, 15) is 14.4 Å². The van der Waals surface area contributed by atoms with Crippen molar-refractivity contribution in [1.82, 2.24) is 0 Å². The molecule has 1 aromatic carbocycles. The van der Waals surface area contributed by atoms with Crippen LogP contribution in [0.25, 0.3) is 0 Å². The molecule has 0 aromatic heterocycles. The molecule has 6 heteroatoms. The van der Waals surface area contributed by atoms with Crippen LogP contribution in [0.15, 0.2) is 23.1 Å². The number of Topliss-reactive ketones (excluding diaryl/α,β-unsaturated/α-hetero) is 1. The molecule has 2 amide bonds. The van der Waals surface area contributed by atoms with Crippen molar-refractivity contribution in [2.75, 3.05) is 17.2 Å². The molecule has 2 rings (SSSR count). The van der Waals surface area contributed by atoms with Crippen LogP contribution in [0.4, 0.5) is 5.69 Å². The number of primary amides is 1. The van der Waals surface area contributed by atoms with Crippen molar-refractivity contribution in [3.05, 3.63) is 23.8 Å². The average Bonchev–Trinajstić information content (AvgIpc) is 2.36. The number of rotatable bonds is 4. The molecule has 1 aliphatic heterocycles. The second-order valence-corrected chi connectivity index (χ2v) is 5.31. The van der Waals surface area contributed by atoms with Crippen LogP contribution in [0.5, 0.6) is 0 Å². The van der Waals surface area contributed by atoms with Gasteiger partial charge in [-0.25, -0.2) is 0 Å². The summed E-state index contributed by atoms with van der Waals surface area (Å²) in [5.74, 6) is -0.235. The Balaban J connectivity index is 2.35. The van der Waals surface area contributed by atoms with Gasteiger partial charge in [0.1, 0.15) is 0 Å². The molecule has 1 aromatic rings. The number of anilines is 1. The van der Waals surface area contributed by atoms with Gasteiger partial charge in [-0.05, 0) is 19.1 Å². The van der Waals surface area contributed by atoms with E-state index in [-0.39, 0.29) is 24.7 Å². The first-order valence-corrected chi connectivity index (χ1v) is 6.84. The molecule has 2 N–H and O–H groups in total. The second-order valence-electron chi connectivity index (χ2n) is 4.29. The molecule has 1 heterocycles. The van der Waals surface area contributed by atoms with Gasteiger partial charge in [0.2, 0.25) is 11.8 Å². The third-order valence-corrected chi connectivity index (χ3v) is 3.94. The molecule has 19 heavy (non-hydrogen) atoms. The number of ketones is 1. The normalized spacial score (nSPS) is 14.2. The SMILES string of the molecule is CC(=O)c1ccc2c(c1)N(CCC(N)=O)C(=O)CS2. The number of nitrogens with two attached hydrogens (primary N) is 1. The molecule has 0 unspecified atom stereocenters. The summed E-state index contributed by atoms with van der Waals surface area (Å²) in [6, 6.07) is 5.28. The fourth-order valence-electron chi connectivity index (χ4n) is 1.89. The van der Waals surface area contributed by atoms with Gasteiger partial charge < -0.3 is 10.6 Å². The van der Waals surface area contributed by atoms with Gasteiger partial charge in [-0.1, -0.05) is 6.07 Å². The number of carbonyl (C=O) groups is 3. The highest BCUT2D eigenvalue weighted by molar-refractivity contribution is 8.00. The van der Waals surface area contributed by atoms with E-state index in [4.69, 9.17) is 5.73 Å². The number of carbonyl (C=O) groups excluding carboxylic acids is 3. The van der Waals surface area contributed by atoms with Crippen LogP contribution < -0.4 is 10.6 Å². The van der Waals surface area contributed by atoms with Crippen LogP contribution in [0.3, 0.4) is 0 Å². The van der Waals surface area contributed by atoms with Gasteiger partial charge in [0.05, 0.1) is 11.4 Å². The van der Waals surface area contributed by atoms with Crippen molar-refractivity contribution in [2.45, 2.75) is 18.2 Å². The molecule has 0 spiro atoms. The summed E-state index contributed by atoms with van der Waals surface area (Å²) in [6.45, 7) is 1.73. The predicted octanol–water partition coefficient (Wildman–Crippen LogP) is 1.20. The molecule has 0 radical (unpaired) electrons. The highest BCUT2D eigenvalue weighted by Crippen LogP contribution is 2.36. The Labute approximate surface area is 115 Å². The van der Waals surface area contributed by atoms with Crippen LogP contribution >= 0.6 is 11.8 Å². The summed E-state index contributed by atoms with van der Waals surface area (Å²) in [6.07, 6.45) is 0.111. The summed E-state index contributed by atoms with van der Waals surface area (Å²) in [5, 5.41) is 0. The maximum Gasteiger partial charge on any atom is 0.237 e. The Morgan fingerprint density at radius 1 is 1.42 bits per heavy atom. The van der Waals surface area contributed by atoms with E-state index < -0.39 is 5.91 Å². The molecule has 0 bridgehead atoms. The number of hydrogen-bond donors (Lipinski definition) is 1. The zero-order valence-corrected chi connectivity index (χ0v) is 11.3. The molecule has 0 saturated heterocycles. The number of thioether (sulfide) groups is 1. The Morgan fingerprint density at radius 2 is 2.16 bits per heavy atom. The number of nitrogens with zero attached hydrogens (tertiary/aromatic N) is 1. The summed E-state index contributed by atoms with van der Waals surface area (Å²) in [7, 11) is 0. The van der Waals surface area contributed by atoms with E-state index in [0.717, 1.165) is 4.90 Å². The quantitative estimate of drug-likeness (QED) is 0.839. The fraction of sp³-hybridized carbons (Fsp3) is 0.308. The Hall–Kier alpha value is -1.82. The van der Waals surface area contributed by atoms with E-state index in [0.29, 0.717) is 17.0 Å². The van der Waals surface area contributed by atoms with Gasteiger partial charge in [0, 0.05) is 23.4 Å². The third kappa shape index (κ3) is 2.96. The number of hydrogen-bond acceptors (Lipinski definition) is 4. The van der Waals surface area contributed by atoms with E-state index >= 15 is 0 Å². The van der Waals surface area contributed by atoms with Gasteiger partial charge >= 0.3 is 0 Å². The molecule has 1 aliphatic rings. The monoisotopic (exact) mass is 278 g/mol. The maximum absolute atomic E-state index is 11.9. The summed E-state index contributed by atoms with van der Waals surface area (Å²) >= 11 is 1.44. The van der Waals surface area contributed by atoms with Gasteiger partial charge in [-0.3, -0.25) is 14.4 Å². The Morgan fingerprint density at radius 3 is 2.79 bits per heavy atom. The first-order chi connectivity index (χ1) is 8.99. The minimum atomic E-state index is -0.449. The average molecular weight is 278 g/mol. The molecule has 5 nitrogen and oxygen atoms in total. The Kier molecular flexibility index (Phi) is 3.90.